The minimum absolute atomic E-state index is 0.148. The third-order valence-corrected chi connectivity index (χ3v) is 8.83. The van der Waals surface area contributed by atoms with E-state index in [0.29, 0.717) is 5.57 Å². The molecule has 3 atom stereocenters. The summed E-state index contributed by atoms with van der Waals surface area (Å²) in [5.74, 6) is 2.06. The van der Waals surface area contributed by atoms with E-state index in [4.69, 9.17) is 5.11 Å². The molecule has 7 nitrogen and oxygen atoms in total. The minimum atomic E-state index is -1.02. The fourth-order valence-corrected chi connectivity index (χ4v) is 5.98. The maximum absolute atomic E-state index is 12.4. The van der Waals surface area contributed by atoms with Crippen LogP contribution in [0.3, 0.4) is 0 Å². The number of nitrogens with zero attached hydrogens (tertiary/aromatic N) is 1. The number of β-lactam (4-membered cyclic amide) rings is 1. The van der Waals surface area contributed by atoms with Crippen LogP contribution in [-0.2, 0) is 19.2 Å². The Morgan fingerprint density at radius 3 is 2.19 bits per heavy atom. The van der Waals surface area contributed by atoms with Gasteiger partial charge in [0.15, 0.2) is 5.78 Å². The molecule has 3 rings (SSSR count). The predicted molar refractivity (Wildman–Crippen MR) is 128 cm³/mol. The van der Waals surface area contributed by atoms with Crippen molar-refractivity contribution in [3.8, 4) is 0 Å². The number of carboxylic acid groups (broad SMARTS) is 2. The van der Waals surface area contributed by atoms with E-state index in [2.05, 4.69) is 5.87 Å². The van der Waals surface area contributed by atoms with Crippen LogP contribution in [0.25, 0.3) is 0 Å². The number of carbonyl (C=O) groups excluding carboxylic acids is 2. The van der Waals surface area contributed by atoms with Crippen molar-refractivity contribution in [2.75, 3.05) is 5.75 Å². The predicted octanol–water partition coefficient (Wildman–Crippen LogP) is 3.51. The summed E-state index contributed by atoms with van der Waals surface area (Å²) in [6, 6.07) is 8.67. The summed E-state index contributed by atoms with van der Waals surface area (Å²) in [5.41, 5.74) is -0.186. The van der Waals surface area contributed by atoms with E-state index < -0.39 is 38.6 Å². The highest BCUT2D eigenvalue weighted by Crippen LogP contribution is 2.56. The van der Waals surface area contributed by atoms with Gasteiger partial charge in [-0.2, -0.15) is 10.5 Å². The molecule has 32 heavy (non-hydrogen) atoms. The summed E-state index contributed by atoms with van der Waals surface area (Å²) >= 11 is 1.41. The molecule has 1 aromatic carbocycles. The zero-order valence-electron chi connectivity index (χ0n) is 18.8. The van der Waals surface area contributed by atoms with Crippen molar-refractivity contribution in [1.29, 1.82) is 0 Å². The van der Waals surface area contributed by atoms with Gasteiger partial charge >= 0.3 is 11.9 Å². The zero-order valence-corrected chi connectivity index (χ0v) is 20.5. The van der Waals surface area contributed by atoms with Gasteiger partial charge in [-0.3, -0.25) is 14.4 Å². The summed E-state index contributed by atoms with van der Waals surface area (Å²) in [4.78, 5) is 48.6. The second-order valence-corrected chi connectivity index (χ2v) is 12.5. The van der Waals surface area contributed by atoms with E-state index >= 15 is 0 Å². The van der Waals surface area contributed by atoms with Gasteiger partial charge in [0.25, 0.3) is 5.91 Å². The first-order valence-electron chi connectivity index (χ1n) is 9.93. The average molecular weight is 480 g/mol. The standard InChI is InChI=1S/C18H19NO4S2.C5H10O2/c1-18(2)14(17(22)23)19-15(21)13(16(19)25(18)3)9-11(20)10-24-12-7-5-4-6-8-12;1-5(2,3)4(6)7/h4-9,14,16H,3,10H2,1-2H3,(H,22,23);1-3H3,(H,6,7)/t14-,16+,25?;/m0./s1. The molecule has 9 heteroatoms. The van der Waals surface area contributed by atoms with Crippen LogP contribution in [-0.4, -0.2) is 66.5 Å². The number of thioether (sulfide) groups is 1. The Kier molecular flexibility index (Phi) is 7.78. The first-order chi connectivity index (χ1) is 14.7. The molecular formula is C23H29NO6S2. The number of hydrogen-bond donors (Lipinski definition) is 2. The van der Waals surface area contributed by atoms with Gasteiger partial charge in [-0.1, -0.05) is 24.1 Å². The molecule has 1 aromatic rings. The highest BCUT2D eigenvalue weighted by Gasteiger charge is 2.62. The van der Waals surface area contributed by atoms with E-state index in [1.165, 1.54) is 22.7 Å². The minimum Gasteiger partial charge on any atom is -0.481 e. The Morgan fingerprint density at radius 2 is 1.72 bits per heavy atom. The van der Waals surface area contributed by atoms with Crippen LogP contribution < -0.4 is 0 Å². The molecule has 0 aromatic heterocycles. The highest BCUT2D eigenvalue weighted by molar-refractivity contribution is 8.16. The molecule has 1 unspecified atom stereocenters. The number of hydrogen-bond acceptors (Lipinski definition) is 5. The van der Waals surface area contributed by atoms with Crippen molar-refractivity contribution in [2.45, 2.75) is 55.7 Å². The van der Waals surface area contributed by atoms with E-state index in [9.17, 15) is 24.3 Å². The Hall–Kier alpha value is -2.39. The van der Waals surface area contributed by atoms with Gasteiger partial charge in [0, 0.05) is 9.64 Å². The van der Waals surface area contributed by atoms with Crippen molar-refractivity contribution in [3.63, 3.8) is 0 Å². The maximum atomic E-state index is 12.4. The second kappa shape index (κ2) is 9.62. The van der Waals surface area contributed by atoms with Gasteiger partial charge in [-0.25, -0.2) is 4.79 Å². The molecule has 2 fully saturated rings. The van der Waals surface area contributed by atoms with E-state index in [0.717, 1.165) is 4.90 Å². The Morgan fingerprint density at radius 1 is 1.19 bits per heavy atom. The van der Waals surface area contributed by atoms with Crippen molar-refractivity contribution in [1.82, 2.24) is 4.90 Å². The van der Waals surface area contributed by atoms with Crippen molar-refractivity contribution in [2.24, 2.45) is 5.41 Å². The molecule has 2 heterocycles. The van der Waals surface area contributed by atoms with E-state index in [1.807, 2.05) is 44.2 Å². The number of ketones is 1. The number of carbonyl (C=O) groups is 4. The molecule has 2 saturated heterocycles. The van der Waals surface area contributed by atoms with Gasteiger partial charge in [-0.05, 0) is 52.8 Å². The summed E-state index contributed by atoms with van der Waals surface area (Å²) in [5, 5.41) is 17.4. The zero-order chi connectivity index (χ0) is 24.4. The third-order valence-electron chi connectivity index (χ3n) is 5.20. The summed E-state index contributed by atoms with van der Waals surface area (Å²) in [6.07, 6.45) is 1.38. The van der Waals surface area contributed by atoms with Crippen LogP contribution in [0, 0.1) is 5.41 Å². The molecule has 2 aliphatic heterocycles. The largest absolute Gasteiger partial charge is 0.481 e. The van der Waals surface area contributed by atoms with E-state index in [-0.39, 0.29) is 22.8 Å². The fraction of sp³-hybridized carbons (Fsp3) is 0.435. The van der Waals surface area contributed by atoms with E-state index in [1.54, 1.807) is 20.8 Å². The molecule has 0 spiro atoms. The van der Waals surface area contributed by atoms with Crippen molar-refractivity contribution in [3.05, 3.63) is 42.0 Å². The normalized spacial score (nSPS) is 24.8. The van der Waals surface area contributed by atoms with Crippen LogP contribution >= 0.6 is 22.2 Å². The number of fused-ring (bicyclic) bond motifs is 1. The average Bonchev–Trinajstić information content (AvgIpc) is 2.89. The van der Waals surface area contributed by atoms with Crippen molar-refractivity contribution < 1.29 is 29.4 Å². The Labute approximate surface area is 194 Å². The van der Waals surface area contributed by atoms with Gasteiger partial charge < -0.3 is 15.1 Å². The SMILES string of the molecule is C=S1[C@@H]2C(=CC(=O)CSc3ccccc3)C(=O)N2[C@@H](C(=O)O)C1(C)C.CC(C)(C)C(=O)O. The summed E-state index contributed by atoms with van der Waals surface area (Å²) < 4.78 is -0.621. The van der Waals surface area contributed by atoms with Crippen LogP contribution in [0.4, 0.5) is 0 Å². The molecule has 0 saturated carbocycles. The fourth-order valence-electron chi connectivity index (χ4n) is 3.19. The van der Waals surface area contributed by atoms with Crippen LogP contribution in [0.1, 0.15) is 34.6 Å². The molecule has 2 N–H and O–H groups in total. The topological polar surface area (TPSA) is 112 Å². The van der Waals surface area contributed by atoms with Crippen LogP contribution in [0.5, 0.6) is 0 Å². The second-order valence-electron chi connectivity index (χ2n) is 9.06. The monoisotopic (exact) mass is 479 g/mol. The molecule has 174 valence electrons. The molecular weight excluding hydrogens is 450 g/mol. The first-order valence-corrected chi connectivity index (χ1v) is 12.4. The lowest BCUT2D eigenvalue weighted by atomic mass is 9.95. The van der Waals surface area contributed by atoms with Gasteiger partial charge in [0.1, 0.15) is 11.4 Å². The molecule has 2 aliphatic rings. The number of carboxylic acids is 2. The molecule has 0 aliphatic carbocycles. The quantitative estimate of drug-likeness (QED) is 0.288. The van der Waals surface area contributed by atoms with Gasteiger partial charge in [-0.15, -0.1) is 11.8 Å². The Balaban J connectivity index is 0.000000451. The highest BCUT2D eigenvalue weighted by atomic mass is 32.2. The molecule has 0 radical (unpaired) electrons. The summed E-state index contributed by atoms with van der Waals surface area (Å²) in [7, 11) is -0.582. The lowest BCUT2D eigenvalue weighted by molar-refractivity contribution is -0.152. The lowest BCUT2D eigenvalue weighted by Gasteiger charge is -2.39. The Bertz CT molecular complexity index is 978. The first kappa shape index (κ1) is 25.9. The number of aliphatic carboxylic acids is 2. The maximum Gasteiger partial charge on any atom is 0.327 e. The van der Waals surface area contributed by atoms with Gasteiger partial charge in [0.05, 0.1) is 16.7 Å². The lowest BCUT2D eigenvalue weighted by Crippen LogP contribution is -2.58. The van der Waals surface area contributed by atoms with Crippen molar-refractivity contribution >= 4 is 51.7 Å². The summed E-state index contributed by atoms with van der Waals surface area (Å²) in [6.45, 7) is 8.62. The number of allylic oxidation sites excluding steroid dienone is 1. The molecule has 0 bridgehead atoms. The number of benzene rings is 1. The molecule has 1 amide bonds. The van der Waals surface area contributed by atoms with Gasteiger partial charge in [0.2, 0.25) is 0 Å². The van der Waals surface area contributed by atoms with Crippen LogP contribution in [0.2, 0.25) is 0 Å². The number of amides is 1. The smallest absolute Gasteiger partial charge is 0.327 e. The van der Waals surface area contributed by atoms with Crippen LogP contribution in [0.15, 0.2) is 46.9 Å². The third kappa shape index (κ3) is 5.32. The number of rotatable bonds is 5.